The fraction of sp³-hybridized carbons (Fsp3) is 0.0909. The van der Waals surface area contributed by atoms with Crippen molar-refractivity contribution in [3.8, 4) is 0 Å². The van der Waals surface area contributed by atoms with Crippen LogP contribution in [0.5, 0.6) is 0 Å². The molecule has 70 valence electrons. The smallest absolute Gasteiger partial charge is 0.0664 e. The highest BCUT2D eigenvalue weighted by Crippen LogP contribution is 2.15. The van der Waals surface area contributed by atoms with Crippen molar-refractivity contribution in [3.63, 3.8) is 0 Å². The summed E-state index contributed by atoms with van der Waals surface area (Å²) >= 11 is 1.70. The molecule has 2 nitrogen and oxygen atoms in total. The van der Waals surface area contributed by atoms with Gasteiger partial charge in [-0.2, -0.15) is 0 Å². The van der Waals surface area contributed by atoms with Crippen molar-refractivity contribution < 1.29 is 0 Å². The van der Waals surface area contributed by atoms with Crippen molar-refractivity contribution >= 4 is 22.7 Å². The molecule has 2 aromatic heterocycles. The van der Waals surface area contributed by atoms with Crippen LogP contribution in [0.4, 0.5) is 5.69 Å². The highest BCUT2D eigenvalue weighted by atomic mass is 32.1. The van der Waals surface area contributed by atoms with Crippen molar-refractivity contribution in [1.29, 1.82) is 0 Å². The predicted octanol–water partition coefficient (Wildman–Crippen LogP) is 3.28. The molecule has 0 bridgehead atoms. The standard InChI is InChI=1S/C11H10N2S/c1-9(11-3-2-8-14-11)13-10-4-6-12-7-5-10/h2-8H,1H3. The zero-order valence-corrected chi connectivity index (χ0v) is 8.66. The first-order valence-corrected chi connectivity index (χ1v) is 5.23. The van der Waals surface area contributed by atoms with Gasteiger partial charge in [-0.25, -0.2) is 0 Å². The number of pyridine rings is 1. The molecule has 0 fully saturated rings. The van der Waals surface area contributed by atoms with E-state index in [4.69, 9.17) is 0 Å². The van der Waals surface area contributed by atoms with Crippen LogP contribution in [0.1, 0.15) is 11.8 Å². The minimum absolute atomic E-state index is 0.950. The molecule has 0 aliphatic rings. The third-order valence-corrected chi connectivity index (χ3v) is 2.82. The number of aromatic nitrogens is 1. The van der Waals surface area contributed by atoms with Gasteiger partial charge < -0.3 is 0 Å². The minimum Gasteiger partial charge on any atom is -0.265 e. The van der Waals surface area contributed by atoms with Crippen molar-refractivity contribution in [2.24, 2.45) is 4.99 Å². The SMILES string of the molecule is CC(=Nc1ccncc1)c1cccs1. The number of nitrogens with zero attached hydrogens (tertiary/aromatic N) is 2. The molecule has 0 saturated heterocycles. The molecule has 2 rings (SSSR count). The minimum atomic E-state index is 0.950. The Hall–Kier alpha value is -1.48. The number of aliphatic imine (C=N–C) groups is 1. The van der Waals surface area contributed by atoms with Crippen LogP contribution < -0.4 is 0 Å². The van der Waals surface area contributed by atoms with E-state index in [2.05, 4.69) is 21.4 Å². The van der Waals surface area contributed by atoms with Gasteiger partial charge in [0, 0.05) is 17.3 Å². The zero-order valence-electron chi connectivity index (χ0n) is 7.84. The summed E-state index contributed by atoms with van der Waals surface area (Å²) in [6, 6.07) is 7.91. The summed E-state index contributed by atoms with van der Waals surface area (Å²) in [7, 11) is 0. The second kappa shape index (κ2) is 4.15. The Morgan fingerprint density at radius 3 is 2.71 bits per heavy atom. The third-order valence-electron chi connectivity index (χ3n) is 1.84. The lowest BCUT2D eigenvalue weighted by Gasteiger charge is -1.96. The van der Waals surface area contributed by atoms with Crippen molar-refractivity contribution in [2.75, 3.05) is 0 Å². The average Bonchev–Trinajstić information content (AvgIpc) is 2.72. The van der Waals surface area contributed by atoms with E-state index in [9.17, 15) is 0 Å². The van der Waals surface area contributed by atoms with Crippen LogP contribution in [0.15, 0.2) is 47.0 Å². The maximum Gasteiger partial charge on any atom is 0.0664 e. The van der Waals surface area contributed by atoms with E-state index in [0.29, 0.717) is 0 Å². The molecule has 3 heteroatoms. The first kappa shape index (κ1) is 9.09. The molecule has 0 aliphatic heterocycles. The maximum atomic E-state index is 4.49. The van der Waals surface area contributed by atoms with Crippen molar-refractivity contribution in [3.05, 3.63) is 46.9 Å². The van der Waals surface area contributed by atoms with Gasteiger partial charge >= 0.3 is 0 Å². The van der Waals surface area contributed by atoms with Gasteiger partial charge in [0.1, 0.15) is 0 Å². The molecule has 0 aliphatic carbocycles. The molecule has 2 aromatic rings. The third kappa shape index (κ3) is 2.06. The van der Waals surface area contributed by atoms with E-state index in [-0.39, 0.29) is 0 Å². The normalized spacial score (nSPS) is 11.6. The quantitative estimate of drug-likeness (QED) is 0.686. The number of hydrogen-bond acceptors (Lipinski definition) is 3. The monoisotopic (exact) mass is 202 g/mol. The first-order chi connectivity index (χ1) is 6.86. The van der Waals surface area contributed by atoms with Gasteiger partial charge in [-0.15, -0.1) is 11.3 Å². The molecule has 0 amide bonds. The molecule has 0 aromatic carbocycles. The molecule has 2 heterocycles. The van der Waals surface area contributed by atoms with Crippen LogP contribution in [-0.4, -0.2) is 10.7 Å². The van der Waals surface area contributed by atoms with Crippen LogP contribution in [0.25, 0.3) is 0 Å². The summed E-state index contributed by atoms with van der Waals surface area (Å²) in [5, 5.41) is 2.06. The summed E-state index contributed by atoms with van der Waals surface area (Å²) in [6.45, 7) is 2.02. The molecule has 0 saturated carbocycles. The predicted molar refractivity (Wildman–Crippen MR) is 60.4 cm³/mol. The number of rotatable bonds is 2. The zero-order chi connectivity index (χ0) is 9.80. The van der Waals surface area contributed by atoms with Crippen LogP contribution in [-0.2, 0) is 0 Å². The molecular formula is C11H10N2S. The van der Waals surface area contributed by atoms with Crippen LogP contribution in [0.3, 0.4) is 0 Å². The van der Waals surface area contributed by atoms with E-state index >= 15 is 0 Å². The molecule has 0 radical (unpaired) electrons. The van der Waals surface area contributed by atoms with E-state index in [1.165, 1.54) is 4.88 Å². The molecule has 0 N–H and O–H groups in total. The van der Waals surface area contributed by atoms with Gasteiger partial charge in [0.15, 0.2) is 0 Å². The van der Waals surface area contributed by atoms with E-state index in [0.717, 1.165) is 11.4 Å². The number of thiophene rings is 1. The Morgan fingerprint density at radius 2 is 2.07 bits per heavy atom. The van der Waals surface area contributed by atoms with E-state index < -0.39 is 0 Å². The Labute approximate surface area is 87.0 Å². The van der Waals surface area contributed by atoms with Gasteiger partial charge in [0.25, 0.3) is 0 Å². The Kier molecular flexibility index (Phi) is 2.70. The van der Waals surface area contributed by atoms with Gasteiger partial charge in [0.05, 0.1) is 11.4 Å². The van der Waals surface area contributed by atoms with Crippen LogP contribution >= 0.6 is 11.3 Å². The summed E-state index contributed by atoms with van der Waals surface area (Å²) in [5.74, 6) is 0. The lowest BCUT2D eigenvalue weighted by atomic mass is 10.3. The average molecular weight is 202 g/mol. The van der Waals surface area contributed by atoms with Crippen molar-refractivity contribution in [1.82, 2.24) is 4.98 Å². The molecule has 14 heavy (non-hydrogen) atoms. The Morgan fingerprint density at radius 1 is 1.29 bits per heavy atom. The van der Waals surface area contributed by atoms with Gasteiger partial charge in [0.2, 0.25) is 0 Å². The molecular weight excluding hydrogens is 192 g/mol. The summed E-state index contributed by atoms with van der Waals surface area (Å²) in [6.07, 6.45) is 3.50. The van der Waals surface area contributed by atoms with E-state index in [1.807, 2.05) is 25.1 Å². The van der Waals surface area contributed by atoms with Gasteiger partial charge in [-0.05, 0) is 30.5 Å². The fourth-order valence-electron chi connectivity index (χ4n) is 1.15. The van der Waals surface area contributed by atoms with Crippen LogP contribution in [0, 0.1) is 0 Å². The van der Waals surface area contributed by atoms with Crippen LogP contribution in [0.2, 0.25) is 0 Å². The highest BCUT2D eigenvalue weighted by molar-refractivity contribution is 7.12. The molecule has 0 atom stereocenters. The van der Waals surface area contributed by atoms with Gasteiger partial charge in [-0.1, -0.05) is 6.07 Å². The topological polar surface area (TPSA) is 25.2 Å². The largest absolute Gasteiger partial charge is 0.265 e. The summed E-state index contributed by atoms with van der Waals surface area (Å²) < 4.78 is 0. The molecule has 0 unspecified atom stereocenters. The number of hydrogen-bond donors (Lipinski definition) is 0. The van der Waals surface area contributed by atoms with Gasteiger partial charge in [-0.3, -0.25) is 9.98 Å². The lowest BCUT2D eigenvalue weighted by molar-refractivity contribution is 1.31. The fourth-order valence-corrected chi connectivity index (χ4v) is 1.83. The van der Waals surface area contributed by atoms with E-state index in [1.54, 1.807) is 23.7 Å². The summed E-state index contributed by atoms with van der Waals surface area (Å²) in [5.41, 5.74) is 2.00. The van der Waals surface area contributed by atoms with Crippen molar-refractivity contribution in [2.45, 2.75) is 6.92 Å². The second-order valence-electron chi connectivity index (χ2n) is 2.88. The Bertz CT molecular complexity index is 418. The molecule has 0 spiro atoms. The Balaban J connectivity index is 2.28. The second-order valence-corrected chi connectivity index (χ2v) is 3.83. The highest BCUT2D eigenvalue weighted by Gasteiger charge is 1.97. The first-order valence-electron chi connectivity index (χ1n) is 4.35. The summed E-state index contributed by atoms with van der Waals surface area (Å²) in [4.78, 5) is 9.65. The lowest BCUT2D eigenvalue weighted by Crippen LogP contribution is -1.88. The maximum absolute atomic E-state index is 4.49.